The number of amides is 2. The number of halogens is 1. The number of anilines is 2. The SMILES string of the molecule is O=C(Nc1cccc(Cl)c1)c1cccc(NC(=S)NC(=O)c2ccccc2[N+](=O)[O-])c1. The van der Waals surface area contributed by atoms with Crippen LogP contribution in [0.2, 0.25) is 5.02 Å². The molecule has 3 aromatic carbocycles. The Bertz CT molecular complexity index is 1190. The molecule has 3 N–H and O–H groups in total. The van der Waals surface area contributed by atoms with Crippen molar-refractivity contribution in [3.8, 4) is 0 Å². The summed E-state index contributed by atoms with van der Waals surface area (Å²) in [5.41, 5.74) is 0.890. The lowest BCUT2D eigenvalue weighted by molar-refractivity contribution is -0.385. The molecule has 0 saturated carbocycles. The monoisotopic (exact) mass is 454 g/mol. The van der Waals surface area contributed by atoms with Gasteiger partial charge in [-0.15, -0.1) is 0 Å². The molecule has 8 nitrogen and oxygen atoms in total. The number of benzene rings is 3. The second kappa shape index (κ2) is 9.79. The van der Waals surface area contributed by atoms with E-state index in [1.54, 1.807) is 48.5 Å². The molecule has 156 valence electrons. The number of para-hydroxylation sites is 1. The van der Waals surface area contributed by atoms with Gasteiger partial charge in [-0.1, -0.05) is 35.9 Å². The van der Waals surface area contributed by atoms with Crippen molar-refractivity contribution in [1.29, 1.82) is 0 Å². The number of nitrogens with one attached hydrogen (secondary N) is 3. The zero-order valence-electron chi connectivity index (χ0n) is 15.8. The van der Waals surface area contributed by atoms with Gasteiger partial charge in [-0.3, -0.25) is 25.0 Å². The number of hydrogen-bond donors (Lipinski definition) is 3. The molecule has 3 aromatic rings. The number of rotatable bonds is 5. The molecule has 0 aliphatic carbocycles. The maximum atomic E-state index is 12.5. The van der Waals surface area contributed by atoms with Crippen molar-refractivity contribution in [3.05, 3.63) is 99.1 Å². The van der Waals surface area contributed by atoms with Gasteiger partial charge in [-0.25, -0.2) is 0 Å². The molecule has 0 unspecified atom stereocenters. The Balaban J connectivity index is 1.66. The Morgan fingerprint density at radius 1 is 0.871 bits per heavy atom. The van der Waals surface area contributed by atoms with Gasteiger partial charge in [-0.2, -0.15) is 0 Å². The minimum Gasteiger partial charge on any atom is -0.332 e. The third kappa shape index (κ3) is 5.84. The molecule has 31 heavy (non-hydrogen) atoms. The first-order chi connectivity index (χ1) is 14.8. The molecular formula is C21H15ClN4O4S. The van der Waals surface area contributed by atoms with Crippen molar-refractivity contribution in [2.45, 2.75) is 0 Å². The zero-order valence-corrected chi connectivity index (χ0v) is 17.4. The highest BCUT2D eigenvalue weighted by molar-refractivity contribution is 7.80. The molecule has 10 heteroatoms. The summed E-state index contributed by atoms with van der Waals surface area (Å²) in [6, 6.07) is 18.7. The molecule has 0 aliphatic heterocycles. The van der Waals surface area contributed by atoms with Crippen LogP contribution in [0, 0.1) is 10.1 Å². The number of nitro groups is 1. The molecule has 0 bridgehead atoms. The van der Waals surface area contributed by atoms with Crippen molar-refractivity contribution >= 4 is 57.8 Å². The maximum absolute atomic E-state index is 12.5. The second-order valence-corrected chi connectivity index (χ2v) is 7.07. The molecule has 0 fully saturated rings. The van der Waals surface area contributed by atoms with E-state index >= 15 is 0 Å². The normalized spacial score (nSPS) is 10.1. The van der Waals surface area contributed by atoms with E-state index in [1.165, 1.54) is 24.3 Å². The predicted octanol–water partition coefficient (Wildman–Crippen LogP) is 4.63. The molecule has 0 aliphatic rings. The van der Waals surface area contributed by atoms with E-state index in [0.717, 1.165) is 0 Å². The number of nitrogens with zero attached hydrogens (tertiary/aromatic N) is 1. The Morgan fingerprint density at radius 3 is 2.26 bits per heavy atom. The summed E-state index contributed by atoms with van der Waals surface area (Å²) < 4.78 is 0. The van der Waals surface area contributed by atoms with E-state index < -0.39 is 10.8 Å². The van der Waals surface area contributed by atoms with Gasteiger partial charge >= 0.3 is 0 Å². The molecule has 0 saturated heterocycles. The summed E-state index contributed by atoms with van der Waals surface area (Å²) >= 11 is 11.0. The average Bonchev–Trinajstić information content (AvgIpc) is 2.73. The summed E-state index contributed by atoms with van der Waals surface area (Å²) in [5.74, 6) is -1.08. The van der Waals surface area contributed by atoms with Gasteiger partial charge in [-0.05, 0) is 54.7 Å². The first-order valence-corrected chi connectivity index (χ1v) is 9.65. The standard InChI is InChI=1S/C21H15ClN4O4S/c22-14-6-4-8-16(12-14)23-19(27)13-5-3-7-15(11-13)24-21(31)25-20(28)17-9-1-2-10-18(17)26(29)30/h1-12H,(H,23,27)(H2,24,25,28,31). The fourth-order valence-electron chi connectivity index (χ4n) is 2.67. The van der Waals surface area contributed by atoms with Crippen LogP contribution in [0.25, 0.3) is 0 Å². The average molecular weight is 455 g/mol. The minimum absolute atomic E-state index is 0.0736. The van der Waals surface area contributed by atoms with Gasteiger partial charge in [0.25, 0.3) is 17.5 Å². The molecule has 0 spiro atoms. The van der Waals surface area contributed by atoms with Gasteiger partial charge in [0, 0.05) is 28.0 Å². The Morgan fingerprint density at radius 2 is 1.55 bits per heavy atom. The first-order valence-electron chi connectivity index (χ1n) is 8.86. The Hall–Kier alpha value is -3.82. The smallest absolute Gasteiger partial charge is 0.282 e. The summed E-state index contributed by atoms with van der Waals surface area (Å²) in [5, 5.41) is 19.4. The second-order valence-electron chi connectivity index (χ2n) is 6.23. The molecule has 0 aromatic heterocycles. The van der Waals surface area contributed by atoms with Crippen molar-refractivity contribution < 1.29 is 14.5 Å². The van der Waals surface area contributed by atoms with Crippen LogP contribution in [0.15, 0.2) is 72.8 Å². The Kier molecular flexibility index (Phi) is 6.91. The largest absolute Gasteiger partial charge is 0.332 e. The van der Waals surface area contributed by atoms with Crippen molar-refractivity contribution in [2.75, 3.05) is 10.6 Å². The highest BCUT2D eigenvalue weighted by Crippen LogP contribution is 2.19. The number of thiocarbonyl (C=S) groups is 1. The van der Waals surface area contributed by atoms with Gasteiger partial charge in [0.2, 0.25) is 0 Å². The third-order valence-corrected chi connectivity index (χ3v) is 4.48. The molecule has 0 radical (unpaired) electrons. The van der Waals surface area contributed by atoms with Crippen molar-refractivity contribution in [3.63, 3.8) is 0 Å². The number of carbonyl (C=O) groups is 2. The fraction of sp³-hybridized carbons (Fsp3) is 0. The quantitative estimate of drug-likeness (QED) is 0.294. The third-order valence-electron chi connectivity index (χ3n) is 4.04. The van der Waals surface area contributed by atoms with Crippen LogP contribution in [0.4, 0.5) is 17.1 Å². The number of nitro benzene ring substituents is 1. The molecular weight excluding hydrogens is 440 g/mol. The topological polar surface area (TPSA) is 113 Å². The van der Waals surface area contributed by atoms with E-state index in [-0.39, 0.29) is 22.3 Å². The van der Waals surface area contributed by atoms with Crippen LogP contribution < -0.4 is 16.0 Å². The van der Waals surface area contributed by atoms with Crippen LogP contribution in [0.3, 0.4) is 0 Å². The summed E-state index contributed by atoms with van der Waals surface area (Å²) in [4.78, 5) is 35.3. The zero-order chi connectivity index (χ0) is 22.4. The minimum atomic E-state index is -0.723. The highest BCUT2D eigenvalue weighted by atomic mass is 35.5. The van der Waals surface area contributed by atoms with Crippen molar-refractivity contribution in [2.24, 2.45) is 0 Å². The lowest BCUT2D eigenvalue weighted by Gasteiger charge is -2.11. The fourth-order valence-corrected chi connectivity index (χ4v) is 3.07. The van der Waals surface area contributed by atoms with Crippen LogP contribution in [-0.2, 0) is 0 Å². The first kappa shape index (κ1) is 21.9. The van der Waals surface area contributed by atoms with E-state index in [2.05, 4.69) is 16.0 Å². The predicted molar refractivity (Wildman–Crippen MR) is 123 cm³/mol. The lowest BCUT2D eigenvalue weighted by Crippen LogP contribution is -2.34. The Labute approximate surface area is 187 Å². The molecule has 2 amide bonds. The van der Waals surface area contributed by atoms with Crippen LogP contribution in [0.1, 0.15) is 20.7 Å². The lowest BCUT2D eigenvalue weighted by atomic mass is 10.1. The van der Waals surface area contributed by atoms with Crippen LogP contribution >= 0.6 is 23.8 Å². The van der Waals surface area contributed by atoms with Crippen LogP contribution in [-0.4, -0.2) is 21.9 Å². The van der Waals surface area contributed by atoms with Crippen LogP contribution in [0.5, 0.6) is 0 Å². The molecule has 0 heterocycles. The van der Waals surface area contributed by atoms with E-state index in [9.17, 15) is 19.7 Å². The van der Waals surface area contributed by atoms with E-state index in [0.29, 0.717) is 22.0 Å². The van der Waals surface area contributed by atoms with E-state index in [4.69, 9.17) is 23.8 Å². The molecule has 0 atom stereocenters. The maximum Gasteiger partial charge on any atom is 0.282 e. The highest BCUT2D eigenvalue weighted by Gasteiger charge is 2.20. The number of carbonyl (C=O) groups excluding carboxylic acids is 2. The summed E-state index contributed by atoms with van der Waals surface area (Å²) in [6.45, 7) is 0. The van der Waals surface area contributed by atoms with E-state index in [1.807, 2.05) is 0 Å². The molecule has 3 rings (SSSR count). The summed E-state index contributed by atoms with van der Waals surface area (Å²) in [7, 11) is 0. The van der Waals surface area contributed by atoms with Gasteiger partial charge < -0.3 is 10.6 Å². The van der Waals surface area contributed by atoms with Gasteiger partial charge in [0.15, 0.2) is 5.11 Å². The summed E-state index contributed by atoms with van der Waals surface area (Å²) in [6.07, 6.45) is 0. The van der Waals surface area contributed by atoms with Gasteiger partial charge in [0.05, 0.1) is 4.92 Å². The number of hydrogen-bond acceptors (Lipinski definition) is 5. The van der Waals surface area contributed by atoms with Gasteiger partial charge in [0.1, 0.15) is 5.56 Å². The van der Waals surface area contributed by atoms with Crippen molar-refractivity contribution in [1.82, 2.24) is 5.32 Å².